The summed E-state index contributed by atoms with van der Waals surface area (Å²) in [4.78, 5) is 13.9. The number of amides is 2. The van der Waals surface area contributed by atoms with Gasteiger partial charge in [-0.2, -0.15) is 0 Å². The molecule has 1 atom stereocenters. The van der Waals surface area contributed by atoms with E-state index in [-0.39, 0.29) is 19.1 Å². The van der Waals surface area contributed by atoms with Crippen molar-refractivity contribution >= 4 is 29.2 Å². The monoisotopic (exact) mass is 345 g/mol. The highest BCUT2D eigenvalue weighted by Gasteiger charge is 2.16. The molecule has 2 rings (SSSR count). The van der Waals surface area contributed by atoms with Crippen molar-refractivity contribution in [2.24, 2.45) is 0 Å². The second-order valence-corrected chi connectivity index (χ2v) is 6.30. The van der Waals surface area contributed by atoms with E-state index >= 15 is 0 Å². The summed E-state index contributed by atoms with van der Waals surface area (Å²) < 4.78 is 0. The van der Waals surface area contributed by atoms with E-state index in [9.17, 15) is 9.90 Å². The molecule has 0 spiro atoms. The van der Waals surface area contributed by atoms with Gasteiger partial charge in [-0.05, 0) is 49.7 Å². The molecular weight excluding hydrogens is 325 g/mol. The largest absolute Gasteiger partial charge is 0.390 e. The minimum atomic E-state index is -0.557. The van der Waals surface area contributed by atoms with Gasteiger partial charge in [0.05, 0.1) is 6.10 Å². The van der Waals surface area contributed by atoms with Crippen molar-refractivity contribution in [1.29, 1.82) is 0 Å². The van der Waals surface area contributed by atoms with E-state index in [4.69, 9.17) is 23.2 Å². The van der Waals surface area contributed by atoms with Crippen LogP contribution in [0.4, 0.5) is 4.79 Å². The lowest BCUT2D eigenvalue weighted by atomic mass is 10.2. The van der Waals surface area contributed by atoms with Crippen molar-refractivity contribution in [1.82, 2.24) is 15.5 Å². The Hall–Kier alpha value is -1.01. The lowest BCUT2D eigenvalue weighted by Gasteiger charge is -2.19. The smallest absolute Gasteiger partial charge is 0.315 e. The molecule has 1 fully saturated rings. The van der Waals surface area contributed by atoms with E-state index in [1.165, 1.54) is 12.8 Å². The van der Waals surface area contributed by atoms with Crippen LogP contribution >= 0.6 is 23.2 Å². The molecule has 3 N–H and O–H groups in total. The topological polar surface area (TPSA) is 64.6 Å². The van der Waals surface area contributed by atoms with Gasteiger partial charge in [-0.3, -0.25) is 0 Å². The number of nitrogens with zero attached hydrogens (tertiary/aromatic N) is 1. The summed E-state index contributed by atoms with van der Waals surface area (Å²) in [7, 11) is 0. The summed E-state index contributed by atoms with van der Waals surface area (Å²) in [5.74, 6) is 0. The van der Waals surface area contributed by atoms with Crippen molar-refractivity contribution in [3.63, 3.8) is 0 Å². The summed E-state index contributed by atoms with van der Waals surface area (Å²) in [6, 6.07) is 4.77. The number of rotatable bonds is 6. The first kappa shape index (κ1) is 17.3. The fourth-order valence-corrected chi connectivity index (χ4v) is 2.83. The summed E-state index contributed by atoms with van der Waals surface area (Å²) >= 11 is 11.9. The fourth-order valence-electron chi connectivity index (χ4n) is 2.46. The van der Waals surface area contributed by atoms with Crippen LogP contribution < -0.4 is 10.6 Å². The molecule has 1 aliphatic heterocycles. The molecule has 1 saturated heterocycles. The Labute approximate surface area is 140 Å². The summed E-state index contributed by atoms with van der Waals surface area (Å²) in [6.45, 7) is 3.16. The van der Waals surface area contributed by atoms with Gasteiger partial charge in [0.25, 0.3) is 0 Å². The molecule has 1 heterocycles. The summed E-state index contributed by atoms with van der Waals surface area (Å²) in [6.07, 6.45) is 1.81. The molecule has 5 nitrogen and oxygen atoms in total. The van der Waals surface area contributed by atoms with Crippen molar-refractivity contribution in [3.05, 3.63) is 33.8 Å². The summed E-state index contributed by atoms with van der Waals surface area (Å²) in [5.41, 5.74) is 0.752. The number of aliphatic hydroxyl groups is 1. The van der Waals surface area contributed by atoms with Gasteiger partial charge in [0, 0.05) is 29.7 Å². The Balaban J connectivity index is 1.68. The zero-order valence-corrected chi connectivity index (χ0v) is 13.8. The number of urea groups is 1. The molecule has 0 radical (unpaired) electrons. The number of hydrogen-bond acceptors (Lipinski definition) is 3. The van der Waals surface area contributed by atoms with Crippen LogP contribution in [0.1, 0.15) is 18.4 Å². The van der Waals surface area contributed by atoms with Crippen LogP contribution in [0.3, 0.4) is 0 Å². The quantitative estimate of drug-likeness (QED) is 0.740. The molecule has 7 heteroatoms. The third-order valence-corrected chi connectivity index (χ3v) is 4.22. The standard InChI is InChI=1S/C15H21Cl2N3O2/c16-12-3-4-14(17)11(7-12)8-18-15(22)19-9-13(21)10-20-5-1-2-6-20/h3-4,7,13,21H,1-2,5-6,8-10H2,(H2,18,19,22). The van der Waals surface area contributed by atoms with Gasteiger partial charge >= 0.3 is 6.03 Å². The Morgan fingerprint density at radius 3 is 2.73 bits per heavy atom. The van der Waals surface area contributed by atoms with Gasteiger partial charge in [0.15, 0.2) is 0 Å². The van der Waals surface area contributed by atoms with Gasteiger partial charge in [0.1, 0.15) is 0 Å². The molecule has 0 bridgehead atoms. The number of halogens is 2. The van der Waals surface area contributed by atoms with Crippen LogP contribution in [0.25, 0.3) is 0 Å². The van der Waals surface area contributed by atoms with Gasteiger partial charge in [-0.25, -0.2) is 4.79 Å². The molecule has 1 aliphatic rings. The van der Waals surface area contributed by atoms with E-state index in [1.54, 1.807) is 18.2 Å². The van der Waals surface area contributed by atoms with Gasteiger partial charge in [-0.15, -0.1) is 0 Å². The second-order valence-electron chi connectivity index (χ2n) is 5.46. The molecular formula is C15H21Cl2N3O2. The van der Waals surface area contributed by atoms with Crippen LogP contribution in [0.15, 0.2) is 18.2 Å². The average molecular weight is 346 g/mol. The first-order chi connectivity index (χ1) is 10.5. The third kappa shape index (κ3) is 5.65. The number of nitrogens with one attached hydrogen (secondary N) is 2. The molecule has 22 heavy (non-hydrogen) atoms. The Morgan fingerprint density at radius 1 is 1.27 bits per heavy atom. The molecule has 1 unspecified atom stereocenters. The predicted molar refractivity (Wildman–Crippen MR) is 88.4 cm³/mol. The molecule has 2 amide bonds. The Bertz CT molecular complexity index is 508. The highest BCUT2D eigenvalue weighted by Crippen LogP contribution is 2.20. The second kappa shape index (κ2) is 8.58. The number of carbonyl (C=O) groups excluding carboxylic acids is 1. The zero-order chi connectivity index (χ0) is 15.9. The minimum absolute atomic E-state index is 0.228. The predicted octanol–water partition coefficient (Wildman–Crippen LogP) is 2.25. The lowest BCUT2D eigenvalue weighted by Crippen LogP contribution is -2.43. The molecule has 122 valence electrons. The maximum absolute atomic E-state index is 11.7. The zero-order valence-electron chi connectivity index (χ0n) is 12.3. The molecule has 1 aromatic carbocycles. The lowest BCUT2D eigenvalue weighted by molar-refractivity contribution is 0.124. The number of carbonyl (C=O) groups is 1. The highest BCUT2D eigenvalue weighted by atomic mass is 35.5. The van der Waals surface area contributed by atoms with Crippen LogP contribution in [-0.2, 0) is 6.54 Å². The maximum Gasteiger partial charge on any atom is 0.315 e. The Morgan fingerprint density at radius 2 is 2.00 bits per heavy atom. The number of benzene rings is 1. The van der Waals surface area contributed by atoms with Crippen molar-refractivity contribution in [2.75, 3.05) is 26.2 Å². The number of β-amino-alcohol motifs (C(OH)–C–C–N with tert-alkyl or cyclic N) is 1. The van der Waals surface area contributed by atoms with Crippen LogP contribution in [0.2, 0.25) is 10.0 Å². The van der Waals surface area contributed by atoms with E-state index < -0.39 is 6.10 Å². The number of hydrogen-bond donors (Lipinski definition) is 3. The van der Waals surface area contributed by atoms with Crippen molar-refractivity contribution in [2.45, 2.75) is 25.5 Å². The van der Waals surface area contributed by atoms with Gasteiger partial charge < -0.3 is 20.6 Å². The van der Waals surface area contributed by atoms with Crippen molar-refractivity contribution < 1.29 is 9.90 Å². The number of likely N-dealkylation sites (tertiary alicyclic amines) is 1. The van der Waals surface area contributed by atoms with E-state index in [0.29, 0.717) is 16.6 Å². The van der Waals surface area contributed by atoms with Crippen LogP contribution in [0.5, 0.6) is 0 Å². The third-order valence-electron chi connectivity index (χ3n) is 3.61. The average Bonchev–Trinajstić information content (AvgIpc) is 2.99. The van der Waals surface area contributed by atoms with Crippen LogP contribution in [-0.4, -0.2) is 48.3 Å². The molecule has 0 aromatic heterocycles. The molecule has 1 aromatic rings. The normalized spacial score (nSPS) is 16.5. The Kier molecular flexibility index (Phi) is 6.76. The highest BCUT2D eigenvalue weighted by molar-refractivity contribution is 6.33. The first-order valence-corrected chi connectivity index (χ1v) is 8.16. The number of aliphatic hydroxyl groups excluding tert-OH is 1. The summed E-state index contributed by atoms with van der Waals surface area (Å²) in [5, 5.41) is 16.4. The van der Waals surface area contributed by atoms with Crippen LogP contribution in [0, 0.1) is 0 Å². The molecule has 0 aliphatic carbocycles. The van der Waals surface area contributed by atoms with E-state index in [1.807, 2.05) is 0 Å². The molecule has 0 saturated carbocycles. The van der Waals surface area contributed by atoms with Gasteiger partial charge in [0.2, 0.25) is 0 Å². The maximum atomic E-state index is 11.7. The van der Waals surface area contributed by atoms with E-state index in [0.717, 1.165) is 18.7 Å². The SMILES string of the molecule is O=C(NCc1cc(Cl)ccc1Cl)NCC(O)CN1CCCC1. The minimum Gasteiger partial charge on any atom is -0.390 e. The van der Waals surface area contributed by atoms with E-state index in [2.05, 4.69) is 15.5 Å². The fraction of sp³-hybridized carbons (Fsp3) is 0.533. The first-order valence-electron chi connectivity index (χ1n) is 7.40. The van der Waals surface area contributed by atoms with Gasteiger partial charge in [-0.1, -0.05) is 23.2 Å². The van der Waals surface area contributed by atoms with Crippen molar-refractivity contribution in [3.8, 4) is 0 Å².